The summed E-state index contributed by atoms with van der Waals surface area (Å²) in [7, 11) is 0. The van der Waals surface area contributed by atoms with Crippen LogP contribution < -0.4 is 26.4 Å². The molecule has 5 heterocycles. The molecule has 2 aromatic carbocycles. The van der Waals surface area contributed by atoms with Crippen molar-refractivity contribution in [3.05, 3.63) is 76.7 Å². The van der Waals surface area contributed by atoms with Crippen molar-refractivity contribution < 1.29 is 63.0 Å². The van der Waals surface area contributed by atoms with Crippen LogP contribution in [0.1, 0.15) is 57.9 Å². The molecule has 6 atom stereocenters. The second kappa shape index (κ2) is 20.6. The van der Waals surface area contributed by atoms with Crippen LogP contribution in [-0.4, -0.2) is 148 Å². The number of hydrogen-bond donors (Lipinski definition) is 7. The molecule has 336 valence electrons. The van der Waals surface area contributed by atoms with Crippen LogP contribution in [0.4, 0.5) is 11.5 Å². The average molecular weight is 895 g/mol. The summed E-state index contributed by atoms with van der Waals surface area (Å²) in [5.41, 5.74) is 7.43. The van der Waals surface area contributed by atoms with Gasteiger partial charge in [-0.05, 0) is 42.3 Å². The molecule has 7 rings (SSSR count). The maximum Gasteiger partial charge on any atom is 0.264 e. The highest BCUT2D eigenvalue weighted by Crippen LogP contribution is 2.39. The minimum Gasteiger partial charge on any atom is -0.490 e. The number of hydrogen-bond acceptors (Lipinski definition) is 17. The molecule has 1 unspecified atom stereocenters. The van der Waals surface area contributed by atoms with E-state index in [9.17, 15) is 39.3 Å². The molecule has 2 fully saturated rings. The lowest BCUT2D eigenvalue weighted by atomic mass is 9.99. The Morgan fingerprint density at radius 1 is 0.952 bits per heavy atom. The van der Waals surface area contributed by atoms with Gasteiger partial charge in [-0.25, -0.2) is 9.97 Å². The first-order valence-corrected chi connectivity index (χ1v) is 20.6. The summed E-state index contributed by atoms with van der Waals surface area (Å²) in [6.07, 6.45) is -3.39. The first-order chi connectivity index (χ1) is 30.4. The third-order valence-corrected chi connectivity index (χ3v) is 10.9. The van der Waals surface area contributed by atoms with Gasteiger partial charge in [0.25, 0.3) is 11.8 Å². The van der Waals surface area contributed by atoms with Gasteiger partial charge in [-0.15, -0.1) is 0 Å². The predicted molar refractivity (Wildman–Crippen MR) is 221 cm³/mol. The molecule has 5 amide bonds. The molecule has 0 radical (unpaired) electrons. The summed E-state index contributed by atoms with van der Waals surface area (Å²) in [5.74, 6) is -2.07. The maximum atomic E-state index is 13.2. The number of benzene rings is 2. The van der Waals surface area contributed by atoms with Crippen LogP contribution >= 0.6 is 11.6 Å². The number of rotatable bonds is 21. The molecule has 0 spiro atoms. The van der Waals surface area contributed by atoms with Gasteiger partial charge >= 0.3 is 0 Å². The Morgan fingerprint density at radius 2 is 1.71 bits per heavy atom. The highest BCUT2D eigenvalue weighted by molar-refractivity contribution is 6.32. The number of aromatic nitrogens is 3. The van der Waals surface area contributed by atoms with Crippen molar-refractivity contribution in [1.29, 1.82) is 0 Å². The lowest BCUT2D eigenvalue weighted by Gasteiger charge is -2.27. The van der Waals surface area contributed by atoms with Gasteiger partial charge in [0.1, 0.15) is 60.6 Å². The lowest BCUT2D eigenvalue weighted by molar-refractivity contribution is -0.136. The largest absolute Gasteiger partial charge is 0.490 e. The Kier molecular flexibility index (Phi) is 14.8. The molecule has 8 N–H and O–H groups in total. The topological polar surface area (TPSA) is 288 Å². The van der Waals surface area contributed by atoms with Crippen molar-refractivity contribution in [1.82, 2.24) is 30.1 Å². The monoisotopic (exact) mass is 894 g/mol. The van der Waals surface area contributed by atoms with E-state index in [1.54, 1.807) is 30.5 Å². The van der Waals surface area contributed by atoms with E-state index in [1.807, 2.05) is 0 Å². The van der Waals surface area contributed by atoms with Crippen molar-refractivity contribution in [2.24, 2.45) is 0 Å². The second-order valence-corrected chi connectivity index (χ2v) is 15.1. The highest BCUT2D eigenvalue weighted by Gasteiger charge is 2.48. The van der Waals surface area contributed by atoms with E-state index in [1.165, 1.54) is 29.1 Å². The third-order valence-electron chi connectivity index (χ3n) is 10.6. The number of fused-ring (bicyclic) bond motifs is 2. The number of nitrogens with zero attached hydrogens (tertiary/aromatic N) is 4. The molecule has 22 heteroatoms. The molecule has 4 aromatic rings. The Hall–Kier alpha value is -5.78. The van der Waals surface area contributed by atoms with Crippen LogP contribution in [0.5, 0.6) is 5.75 Å². The maximum absolute atomic E-state index is 13.2. The second-order valence-electron chi connectivity index (χ2n) is 14.7. The van der Waals surface area contributed by atoms with Gasteiger partial charge in [-0.2, -0.15) is 0 Å². The number of imide groups is 2. The molecule has 3 aliphatic heterocycles. The van der Waals surface area contributed by atoms with Crippen molar-refractivity contribution >= 4 is 63.7 Å². The van der Waals surface area contributed by atoms with Crippen LogP contribution in [0.2, 0.25) is 5.02 Å². The van der Waals surface area contributed by atoms with Gasteiger partial charge in [0.05, 0.1) is 67.7 Å². The number of aliphatic hydroxyl groups excluding tert-OH is 3. The first kappa shape index (κ1) is 45.3. The fraction of sp³-hybridized carbons (Fsp3) is 0.439. The smallest absolute Gasteiger partial charge is 0.264 e. The predicted octanol–water partition coefficient (Wildman–Crippen LogP) is 0.468. The summed E-state index contributed by atoms with van der Waals surface area (Å²) in [4.78, 5) is 71.5. The van der Waals surface area contributed by atoms with E-state index < -0.39 is 60.3 Å². The van der Waals surface area contributed by atoms with Gasteiger partial charge in [0.15, 0.2) is 6.23 Å². The number of nitrogens with one attached hydrogen (secondary N) is 3. The fourth-order valence-electron chi connectivity index (χ4n) is 7.44. The molecule has 3 aliphatic rings. The lowest BCUT2D eigenvalue weighted by Crippen LogP contribution is -2.54. The number of nitrogens with two attached hydrogens (primary N) is 1. The minimum absolute atomic E-state index is 0.0390. The summed E-state index contributed by atoms with van der Waals surface area (Å²) in [6.45, 7) is 2.12. The average Bonchev–Trinajstić information content (AvgIpc) is 3.91. The summed E-state index contributed by atoms with van der Waals surface area (Å²) in [6, 6.07) is 10.0. The molecular formula is C41H47ClN8O13. The number of amides is 5. The molecule has 2 aromatic heterocycles. The van der Waals surface area contributed by atoms with E-state index in [-0.39, 0.29) is 99.1 Å². The quantitative estimate of drug-likeness (QED) is 0.0442. The number of anilines is 2. The van der Waals surface area contributed by atoms with Crippen LogP contribution in [0.25, 0.3) is 11.0 Å². The molecule has 0 saturated carbocycles. The highest BCUT2D eigenvalue weighted by atomic mass is 35.5. The van der Waals surface area contributed by atoms with E-state index in [2.05, 4.69) is 25.9 Å². The van der Waals surface area contributed by atoms with Gasteiger partial charge in [0, 0.05) is 31.3 Å². The first-order valence-electron chi connectivity index (χ1n) is 20.2. The van der Waals surface area contributed by atoms with Crippen LogP contribution in [0.15, 0.2) is 55.0 Å². The number of piperidine rings is 1. The molecule has 0 aliphatic carbocycles. The van der Waals surface area contributed by atoms with E-state index >= 15 is 0 Å². The molecule has 21 nitrogen and oxygen atoms in total. The molecule has 63 heavy (non-hydrogen) atoms. The SMILES string of the molecule is Nc1ncnc2c1ccn2[C@@H]1O[C@H]([C@H](O)c2ccc(Cl)c(OCCNC(=O)CCOCCOCCOCCNc3cccc4c3C(=O)N(C3CCC(=O)NC3=O)C4=O)c2)[C@@H](O)[C@H]1O. The van der Waals surface area contributed by atoms with Gasteiger partial charge < -0.3 is 59.9 Å². The third kappa shape index (κ3) is 10.2. The Labute approximate surface area is 364 Å². The van der Waals surface area contributed by atoms with Gasteiger partial charge in [0.2, 0.25) is 17.7 Å². The van der Waals surface area contributed by atoms with Crippen molar-refractivity contribution in [2.75, 3.05) is 70.4 Å². The van der Waals surface area contributed by atoms with E-state index in [0.717, 1.165) is 4.90 Å². The van der Waals surface area contributed by atoms with Crippen molar-refractivity contribution in [2.45, 2.75) is 55.9 Å². The zero-order valence-electron chi connectivity index (χ0n) is 33.8. The Bertz CT molecular complexity index is 2330. The Balaban J connectivity index is 0.729. The van der Waals surface area contributed by atoms with Crippen LogP contribution in [-0.2, 0) is 33.3 Å². The number of aliphatic hydroxyl groups is 3. The van der Waals surface area contributed by atoms with E-state index in [4.69, 9.17) is 41.0 Å². The minimum atomic E-state index is -1.45. The molecule has 0 bridgehead atoms. The van der Waals surface area contributed by atoms with Crippen molar-refractivity contribution in [3.63, 3.8) is 0 Å². The van der Waals surface area contributed by atoms with Gasteiger partial charge in [-0.1, -0.05) is 23.7 Å². The Morgan fingerprint density at radius 3 is 2.49 bits per heavy atom. The fourth-order valence-corrected chi connectivity index (χ4v) is 7.62. The summed E-state index contributed by atoms with van der Waals surface area (Å²) < 4.78 is 29.8. The number of nitrogen functional groups attached to an aromatic ring is 1. The zero-order valence-corrected chi connectivity index (χ0v) is 34.6. The number of carbonyl (C=O) groups excluding carboxylic acids is 5. The standard InChI is InChI=1S/C41H47ClN8O13/c42-25-5-4-22(32(53)35-33(54)34(55)41(63-35)49-12-8-24-36(43)46-21-47-37(24)49)20-28(25)62-15-11-45-29(51)9-13-59-16-18-61-19-17-60-14-10-44-26-3-1-2-23-31(26)40(58)50(39(23)57)27-6-7-30(52)48-38(27)56/h1-5,8,12,20-21,27,32-35,41,44,53-55H,6-7,9-11,13-19H2,(H,45,51)(H2,43,46,47)(H,48,52,56)/t27?,32-,33+,34-,35-,41-/m1/s1. The van der Waals surface area contributed by atoms with Crippen LogP contribution in [0.3, 0.4) is 0 Å². The normalized spacial score (nSPS) is 21.5. The zero-order chi connectivity index (χ0) is 44.6. The van der Waals surface area contributed by atoms with Crippen molar-refractivity contribution in [3.8, 4) is 5.75 Å². The number of carbonyl (C=O) groups is 5. The van der Waals surface area contributed by atoms with Gasteiger partial charge in [-0.3, -0.25) is 34.2 Å². The molecular weight excluding hydrogens is 848 g/mol. The number of halogens is 1. The summed E-state index contributed by atoms with van der Waals surface area (Å²) in [5, 5.41) is 41.7. The van der Waals surface area contributed by atoms with E-state index in [0.29, 0.717) is 35.4 Å². The summed E-state index contributed by atoms with van der Waals surface area (Å²) >= 11 is 6.33. The number of ether oxygens (including phenoxy) is 5. The molecule has 2 saturated heterocycles. The van der Waals surface area contributed by atoms with Crippen LogP contribution in [0, 0.1) is 0 Å².